The van der Waals surface area contributed by atoms with Crippen molar-refractivity contribution >= 4 is 27.6 Å². The van der Waals surface area contributed by atoms with Gasteiger partial charge in [-0.1, -0.05) is 11.6 Å². The molecule has 0 saturated heterocycles. The largest absolute Gasteiger partial charge is 0.467 e. The fourth-order valence-electron chi connectivity index (χ4n) is 2.80. The normalized spacial score (nSPS) is 13.5. The molecule has 0 fully saturated rings. The Labute approximate surface area is 166 Å². The molecule has 0 atom stereocenters. The summed E-state index contributed by atoms with van der Waals surface area (Å²) in [5, 5.41) is -0.112. The van der Waals surface area contributed by atoms with E-state index in [2.05, 4.69) is 9.46 Å². The zero-order valence-corrected chi connectivity index (χ0v) is 16.4. The van der Waals surface area contributed by atoms with Gasteiger partial charge in [-0.3, -0.25) is 0 Å². The zero-order chi connectivity index (χ0) is 20.3. The Morgan fingerprint density at radius 2 is 2.11 bits per heavy atom. The Kier molecular flexibility index (Phi) is 6.19. The van der Waals surface area contributed by atoms with Crippen LogP contribution in [0.15, 0.2) is 35.2 Å². The van der Waals surface area contributed by atoms with Crippen molar-refractivity contribution in [3.8, 4) is 5.75 Å². The van der Waals surface area contributed by atoms with Gasteiger partial charge in [-0.05, 0) is 42.3 Å². The fraction of sp³-hybridized carbons (Fsp3) is 0.278. The molecule has 2 aromatic carbocycles. The van der Waals surface area contributed by atoms with Gasteiger partial charge in [0.1, 0.15) is 16.5 Å². The Balaban J connectivity index is 1.73. The van der Waals surface area contributed by atoms with Gasteiger partial charge in [-0.15, -0.1) is 0 Å². The maximum atomic E-state index is 13.8. The molecule has 0 unspecified atom stereocenters. The van der Waals surface area contributed by atoms with E-state index in [0.717, 1.165) is 0 Å². The van der Waals surface area contributed by atoms with Gasteiger partial charge in [-0.25, -0.2) is 22.3 Å². The number of benzene rings is 2. The first-order valence-corrected chi connectivity index (χ1v) is 10.1. The third kappa shape index (κ3) is 4.44. The number of sulfonamides is 1. The standard InChI is InChI=1S/C18H17ClFNO6S/c1-25-18(22)12-2-3-16(15(19)8-12)28(23,24)21-5-4-11-6-14(20)7-13-9-26-10-27-17(11)13/h2-3,6-8,21H,4-5,9-10H2,1H3. The van der Waals surface area contributed by atoms with E-state index in [1.165, 1.54) is 37.4 Å². The van der Waals surface area contributed by atoms with Crippen LogP contribution in [0.3, 0.4) is 0 Å². The molecule has 0 spiro atoms. The lowest BCUT2D eigenvalue weighted by atomic mass is 10.1. The quantitative estimate of drug-likeness (QED) is 0.710. The van der Waals surface area contributed by atoms with Crippen LogP contribution in [-0.4, -0.2) is 34.8 Å². The van der Waals surface area contributed by atoms with E-state index in [9.17, 15) is 17.6 Å². The number of ether oxygens (including phenoxy) is 3. The van der Waals surface area contributed by atoms with Gasteiger partial charge in [0.05, 0.1) is 24.3 Å². The summed E-state index contributed by atoms with van der Waals surface area (Å²) in [4.78, 5) is 11.3. The van der Waals surface area contributed by atoms with Crippen molar-refractivity contribution in [1.82, 2.24) is 4.72 Å². The second kappa shape index (κ2) is 8.44. The molecule has 10 heteroatoms. The topological polar surface area (TPSA) is 90.9 Å². The number of methoxy groups -OCH3 is 1. The third-order valence-corrected chi connectivity index (χ3v) is 6.02. The van der Waals surface area contributed by atoms with Crippen molar-refractivity contribution in [3.63, 3.8) is 0 Å². The van der Waals surface area contributed by atoms with Crippen molar-refractivity contribution < 1.29 is 31.8 Å². The molecule has 1 N–H and O–H groups in total. The van der Waals surface area contributed by atoms with Gasteiger partial charge in [0.25, 0.3) is 0 Å². The van der Waals surface area contributed by atoms with E-state index in [1.54, 1.807) is 0 Å². The second-order valence-corrected chi connectivity index (χ2v) is 8.09. The first-order valence-electron chi connectivity index (χ1n) is 8.21. The molecule has 0 aliphatic carbocycles. The predicted molar refractivity (Wildman–Crippen MR) is 98.4 cm³/mol. The highest BCUT2D eigenvalue weighted by molar-refractivity contribution is 7.89. The first-order chi connectivity index (χ1) is 13.3. The molecule has 3 rings (SSSR count). The summed E-state index contributed by atoms with van der Waals surface area (Å²) in [6, 6.07) is 6.38. The molecular formula is C18H17ClFNO6S. The first kappa shape index (κ1) is 20.5. The van der Waals surface area contributed by atoms with Gasteiger partial charge in [0.15, 0.2) is 6.79 Å². The van der Waals surface area contributed by atoms with E-state index in [4.69, 9.17) is 21.1 Å². The predicted octanol–water partition coefficient (Wildman–Crippen LogP) is 2.65. The molecule has 150 valence electrons. The van der Waals surface area contributed by atoms with Crippen molar-refractivity contribution in [3.05, 3.63) is 57.9 Å². The van der Waals surface area contributed by atoms with Crippen LogP contribution < -0.4 is 9.46 Å². The molecular weight excluding hydrogens is 413 g/mol. The summed E-state index contributed by atoms with van der Waals surface area (Å²) < 4.78 is 56.3. The van der Waals surface area contributed by atoms with Crippen LogP contribution in [0.4, 0.5) is 4.39 Å². The van der Waals surface area contributed by atoms with Crippen molar-refractivity contribution in [1.29, 1.82) is 0 Å². The van der Waals surface area contributed by atoms with E-state index in [0.29, 0.717) is 16.9 Å². The molecule has 2 aromatic rings. The van der Waals surface area contributed by atoms with Gasteiger partial charge < -0.3 is 14.2 Å². The summed E-state index contributed by atoms with van der Waals surface area (Å²) in [6.45, 7) is 0.283. The third-order valence-electron chi connectivity index (χ3n) is 4.08. The summed E-state index contributed by atoms with van der Waals surface area (Å²) in [6.07, 6.45) is 0.206. The minimum Gasteiger partial charge on any atom is -0.467 e. The highest BCUT2D eigenvalue weighted by Crippen LogP contribution is 2.30. The summed E-state index contributed by atoms with van der Waals surface area (Å²) in [7, 11) is -2.72. The van der Waals surface area contributed by atoms with E-state index < -0.39 is 21.8 Å². The molecule has 0 bridgehead atoms. The Morgan fingerprint density at radius 3 is 2.82 bits per heavy atom. The van der Waals surface area contributed by atoms with Crippen molar-refractivity contribution in [2.24, 2.45) is 0 Å². The Hall–Kier alpha value is -2.20. The minimum absolute atomic E-state index is 0.00245. The maximum absolute atomic E-state index is 13.8. The number of rotatable bonds is 6. The number of nitrogens with one attached hydrogen (secondary N) is 1. The van der Waals surface area contributed by atoms with Gasteiger partial charge in [-0.2, -0.15) is 0 Å². The van der Waals surface area contributed by atoms with E-state index in [1.807, 2.05) is 0 Å². The number of esters is 1. The molecule has 1 aliphatic rings. The van der Waals surface area contributed by atoms with Gasteiger partial charge >= 0.3 is 5.97 Å². The number of carbonyl (C=O) groups is 1. The Morgan fingerprint density at radius 1 is 1.32 bits per heavy atom. The number of hydrogen-bond donors (Lipinski definition) is 1. The number of carbonyl (C=O) groups excluding carboxylic acids is 1. The van der Waals surface area contributed by atoms with Crippen molar-refractivity contribution in [2.45, 2.75) is 17.9 Å². The van der Waals surface area contributed by atoms with Crippen molar-refractivity contribution in [2.75, 3.05) is 20.4 Å². The highest BCUT2D eigenvalue weighted by atomic mass is 35.5. The molecule has 0 amide bonds. The SMILES string of the molecule is COC(=O)c1ccc(S(=O)(=O)NCCc2cc(F)cc3c2OCOC3)c(Cl)c1. The molecule has 0 radical (unpaired) electrons. The summed E-state index contributed by atoms with van der Waals surface area (Å²) in [5.74, 6) is -0.571. The lowest BCUT2D eigenvalue weighted by Crippen LogP contribution is -2.27. The zero-order valence-electron chi connectivity index (χ0n) is 14.8. The molecule has 0 saturated carbocycles. The molecule has 0 aromatic heterocycles. The van der Waals surface area contributed by atoms with E-state index in [-0.39, 0.29) is 41.8 Å². The fourth-order valence-corrected chi connectivity index (χ4v) is 4.38. The summed E-state index contributed by atoms with van der Waals surface area (Å²) in [5.41, 5.74) is 1.25. The van der Waals surface area contributed by atoms with Gasteiger partial charge in [0, 0.05) is 12.1 Å². The number of fused-ring (bicyclic) bond motifs is 1. The monoisotopic (exact) mass is 429 g/mol. The Bertz CT molecular complexity index is 1010. The number of halogens is 2. The molecule has 1 heterocycles. The van der Waals surface area contributed by atoms with Crippen LogP contribution in [0, 0.1) is 5.82 Å². The summed E-state index contributed by atoms with van der Waals surface area (Å²) >= 11 is 6.02. The highest BCUT2D eigenvalue weighted by Gasteiger charge is 2.21. The molecule has 28 heavy (non-hydrogen) atoms. The molecule has 7 nitrogen and oxygen atoms in total. The van der Waals surface area contributed by atoms with Gasteiger partial charge in [0.2, 0.25) is 10.0 Å². The van der Waals surface area contributed by atoms with Crippen LogP contribution in [-0.2, 0) is 32.5 Å². The average molecular weight is 430 g/mol. The number of hydrogen-bond acceptors (Lipinski definition) is 6. The minimum atomic E-state index is -3.93. The average Bonchev–Trinajstić information content (AvgIpc) is 2.66. The lowest BCUT2D eigenvalue weighted by Gasteiger charge is -2.21. The van der Waals surface area contributed by atoms with Crippen LogP contribution in [0.25, 0.3) is 0 Å². The lowest BCUT2D eigenvalue weighted by molar-refractivity contribution is -0.0172. The smallest absolute Gasteiger partial charge is 0.337 e. The van der Waals surface area contributed by atoms with E-state index >= 15 is 0 Å². The maximum Gasteiger partial charge on any atom is 0.337 e. The second-order valence-electron chi connectivity index (χ2n) is 5.95. The van der Waals surface area contributed by atoms with Crippen LogP contribution >= 0.6 is 11.6 Å². The van der Waals surface area contributed by atoms with Crippen LogP contribution in [0.5, 0.6) is 5.75 Å². The van der Waals surface area contributed by atoms with Crippen LogP contribution in [0.2, 0.25) is 5.02 Å². The molecule has 1 aliphatic heterocycles. The van der Waals surface area contributed by atoms with Crippen LogP contribution in [0.1, 0.15) is 21.5 Å².